The summed E-state index contributed by atoms with van der Waals surface area (Å²) in [5.41, 5.74) is 6.92. The Kier molecular flexibility index (Phi) is 6.65. The average molecular weight is 476 g/mol. The zero-order chi connectivity index (χ0) is 23.4. The number of hydrogen-bond donors (Lipinski definition) is 3. The third-order valence-corrected chi connectivity index (χ3v) is 7.92. The molecule has 32 heavy (non-hydrogen) atoms. The fourth-order valence-corrected chi connectivity index (χ4v) is 6.06. The third-order valence-electron chi connectivity index (χ3n) is 4.19. The molecule has 0 bridgehead atoms. The molecule has 0 atom stereocenters. The summed E-state index contributed by atoms with van der Waals surface area (Å²) in [5.74, 6) is 0. The van der Waals surface area contributed by atoms with Crippen LogP contribution in [0.3, 0.4) is 0 Å². The van der Waals surface area contributed by atoms with Crippen molar-refractivity contribution in [3.8, 4) is 0 Å². The summed E-state index contributed by atoms with van der Waals surface area (Å²) in [5, 5.41) is 5.23. The van der Waals surface area contributed by atoms with Gasteiger partial charge in [0.1, 0.15) is 0 Å². The first-order valence-corrected chi connectivity index (χ1v) is 12.5. The molecule has 168 valence electrons. The monoisotopic (exact) mass is 475 g/mol. The number of rotatable bonds is 7. The molecular formula is C20H21N5O5S2. The van der Waals surface area contributed by atoms with Gasteiger partial charge in [0.2, 0.25) is 10.0 Å². The summed E-state index contributed by atoms with van der Waals surface area (Å²) in [7, 11) is -8.66. The Balaban J connectivity index is 1.78. The number of aromatic nitrogens is 1. The van der Waals surface area contributed by atoms with Gasteiger partial charge in [-0.1, -0.05) is 12.1 Å². The number of amides is 2. The highest BCUT2D eigenvalue weighted by Crippen LogP contribution is 2.28. The van der Waals surface area contributed by atoms with Crippen LogP contribution in [0.5, 0.6) is 0 Å². The van der Waals surface area contributed by atoms with Crippen molar-refractivity contribution in [2.24, 2.45) is 0 Å². The molecular weight excluding hydrogens is 454 g/mol. The van der Waals surface area contributed by atoms with E-state index in [0.717, 1.165) is 11.8 Å². The number of anilines is 3. The van der Waals surface area contributed by atoms with Gasteiger partial charge in [-0.25, -0.2) is 21.6 Å². The number of pyridine rings is 1. The van der Waals surface area contributed by atoms with Gasteiger partial charge in [0, 0.05) is 30.3 Å². The summed E-state index contributed by atoms with van der Waals surface area (Å²) in [6.45, 7) is 0.260. The number of sulfonamides is 2. The Morgan fingerprint density at radius 2 is 1.75 bits per heavy atom. The van der Waals surface area contributed by atoms with E-state index in [4.69, 9.17) is 5.73 Å². The van der Waals surface area contributed by atoms with Crippen molar-refractivity contribution in [1.29, 1.82) is 0 Å². The van der Waals surface area contributed by atoms with Gasteiger partial charge < -0.3 is 16.4 Å². The number of carbonyl (C=O) groups is 1. The van der Waals surface area contributed by atoms with Gasteiger partial charge in [0.15, 0.2) is 0 Å². The topological polar surface area (TPSA) is 152 Å². The fourth-order valence-electron chi connectivity index (χ4n) is 2.81. The Labute approximate surface area is 186 Å². The smallest absolute Gasteiger partial charge is 0.319 e. The summed E-state index contributed by atoms with van der Waals surface area (Å²) >= 11 is 0. The van der Waals surface area contributed by atoms with Crippen molar-refractivity contribution in [3.63, 3.8) is 0 Å². The molecule has 0 saturated heterocycles. The number of urea groups is 1. The Morgan fingerprint density at radius 3 is 2.34 bits per heavy atom. The molecule has 1 aromatic heterocycles. The van der Waals surface area contributed by atoms with Gasteiger partial charge in [-0.15, -0.1) is 0 Å². The van der Waals surface area contributed by atoms with Crippen LogP contribution in [0.2, 0.25) is 0 Å². The maximum Gasteiger partial charge on any atom is 0.319 e. The maximum absolute atomic E-state index is 13.1. The van der Waals surface area contributed by atoms with Crippen molar-refractivity contribution < 1.29 is 21.6 Å². The number of nitrogens with zero attached hydrogens (tertiary/aromatic N) is 2. The molecule has 0 fully saturated rings. The molecule has 0 saturated carbocycles. The first-order valence-electron chi connectivity index (χ1n) is 9.22. The lowest BCUT2D eigenvalue weighted by molar-refractivity contribution is 0.251. The lowest BCUT2D eigenvalue weighted by atomic mass is 10.3. The molecule has 0 unspecified atom stereocenters. The van der Waals surface area contributed by atoms with E-state index in [2.05, 4.69) is 15.6 Å². The lowest BCUT2D eigenvalue weighted by Crippen LogP contribution is -2.36. The van der Waals surface area contributed by atoms with E-state index in [0.29, 0.717) is 9.40 Å². The molecule has 3 rings (SSSR count). The van der Waals surface area contributed by atoms with E-state index in [1.165, 1.54) is 48.5 Å². The Morgan fingerprint density at radius 1 is 1.03 bits per heavy atom. The summed E-state index contributed by atoms with van der Waals surface area (Å²) in [4.78, 5) is 15.7. The van der Waals surface area contributed by atoms with Crippen molar-refractivity contribution in [2.75, 3.05) is 21.0 Å². The van der Waals surface area contributed by atoms with Gasteiger partial charge in [0.25, 0.3) is 10.0 Å². The van der Waals surface area contributed by atoms with Gasteiger partial charge in [0.05, 0.1) is 16.8 Å². The molecule has 0 radical (unpaired) electrons. The van der Waals surface area contributed by atoms with E-state index < -0.39 is 26.1 Å². The minimum Gasteiger partial charge on any atom is -0.399 e. The number of hydrogen-bond acceptors (Lipinski definition) is 7. The van der Waals surface area contributed by atoms with Crippen LogP contribution in [-0.4, -0.2) is 34.1 Å². The van der Waals surface area contributed by atoms with Crippen molar-refractivity contribution in [2.45, 2.75) is 11.4 Å². The molecule has 2 aromatic carbocycles. The van der Waals surface area contributed by atoms with Crippen molar-refractivity contribution in [1.82, 2.24) is 10.3 Å². The SMILES string of the molecule is CS(=O)(=O)N(c1cccc(N)c1)S(=O)(=O)c1ccc(NC(=O)NCc2cccnc2)cc1. The molecule has 0 aliphatic rings. The normalized spacial score (nSPS) is 11.5. The average Bonchev–Trinajstić information content (AvgIpc) is 2.72. The minimum absolute atomic E-state index is 0.107. The predicted molar refractivity (Wildman–Crippen MR) is 122 cm³/mol. The van der Waals surface area contributed by atoms with Crippen LogP contribution in [0.1, 0.15) is 5.56 Å². The largest absolute Gasteiger partial charge is 0.399 e. The predicted octanol–water partition coefficient (Wildman–Crippen LogP) is 2.14. The molecule has 12 heteroatoms. The summed E-state index contributed by atoms with van der Waals surface area (Å²) in [6.07, 6.45) is 4.03. The van der Waals surface area contributed by atoms with E-state index in [9.17, 15) is 21.6 Å². The Hall–Kier alpha value is -3.64. The van der Waals surface area contributed by atoms with Crippen LogP contribution in [0.25, 0.3) is 0 Å². The van der Waals surface area contributed by atoms with Gasteiger partial charge in [-0.05, 0) is 54.1 Å². The van der Waals surface area contributed by atoms with E-state index in [1.807, 2.05) is 0 Å². The first-order chi connectivity index (χ1) is 15.1. The standard InChI is InChI=1S/C20H21N5O5S2/c1-31(27,28)25(18-6-2-5-16(21)12-18)32(29,30)19-9-7-17(8-10-19)24-20(26)23-14-15-4-3-11-22-13-15/h2-13H,14,21H2,1H3,(H2,23,24,26). The first kappa shape index (κ1) is 23.0. The van der Waals surface area contributed by atoms with Crippen LogP contribution in [0.4, 0.5) is 21.9 Å². The van der Waals surface area contributed by atoms with Gasteiger partial charge in [-0.2, -0.15) is 3.71 Å². The van der Waals surface area contributed by atoms with Crippen LogP contribution in [0.15, 0.2) is 78.0 Å². The number of benzene rings is 2. The zero-order valence-corrected chi connectivity index (χ0v) is 18.6. The van der Waals surface area contributed by atoms with E-state index in [-0.39, 0.29) is 22.8 Å². The van der Waals surface area contributed by atoms with Gasteiger partial charge >= 0.3 is 6.03 Å². The fraction of sp³-hybridized carbons (Fsp3) is 0.100. The van der Waals surface area contributed by atoms with E-state index in [1.54, 1.807) is 24.5 Å². The lowest BCUT2D eigenvalue weighted by Gasteiger charge is -2.22. The highest BCUT2D eigenvalue weighted by molar-refractivity contribution is 8.10. The quantitative estimate of drug-likeness (QED) is 0.443. The minimum atomic E-state index is -4.47. The molecule has 2 amide bonds. The Bertz CT molecular complexity index is 1310. The molecule has 0 spiro atoms. The maximum atomic E-state index is 13.1. The van der Waals surface area contributed by atoms with Gasteiger partial charge in [-0.3, -0.25) is 4.98 Å². The second kappa shape index (κ2) is 9.24. The van der Waals surface area contributed by atoms with Crippen molar-refractivity contribution >= 4 is 43.1 Å². The molecule has 10 nitrogen and oxygen atoms in total. The van der Waals surface area contributed by atoms with Crippen LogP contribution in [0, 0.1) is 0 Å². The number of nitrogen functional groups attached to an aromatic ring is 1. The number of carbonyl (C=O) groups excluding carboxylic acids is 1. The summed E-state index contributed by atoms with van der Waals surface area (Å²) < 4.78 is 51.1. The molecule has 0 aliphatic heterocycles. The summed E-state index contributed by atoms with van der Waals surface area (Å²) in [6, 6.07) is 13.7. The second-order valence-electron chi connectivity index (χ2n) is 6.75. The highest BCUT2D eigenvalue weighted by Gasteiger charge is 2.32. The van der Waals surface area contributed by atoms with E-state index >= 15 is 0 Å². The van der Waals surface area contributed by atoms with Crippen LogP contribution in [-0.2, 0) is 26.6 Å². The second-order valence-corrected chi connectivity index (χ2v) is 10.6. The highest BCUT2D eigenvalue weighted by atomic mass is 32.3. The zero-order valence-electron chi connectivity index (χ0n) is 17.0. The number of nitrogens with one attached hydrogen (secondary N) is 2. The molecule has 4 N–H and O–H groups in total. The van der Waals surface area contributed by atoms with Crippen LogP contribution >= 0.6 is 0 Å². The molecule has 0 aliphatic carbocycles. The molecule has 3 aromatic rings. The number of nitrogens with two attached hydrogens (primary N) is 1. The van der Waals surface area contributed by atoms with Crippen LogP contribution < -0.4 is 20.1 Å². The molecule has 1 heterocycles. The van der Waals surface area contributed by atoms with Crippen molar-refractivity contribution in [3.05, 3.63) is 78.6 Å². The third kappa shape index (κ3) is 5.53.